The van der Waals surface area contributed by atoms with E-state index in [1.807, 2.05) is 0 Å². The number of ether oxygens (including phenoxy) is 1. The van der Waals surface area contributed by atoms with Crippen LogP contribution in [0.3, 0.4) is 0 Å². The van der Waals surface area contributed by atoms with Crippen molar-refractivity contribution in [2.75, 3.05) is 19.8 Å². The normalized spacial score (nSPS) is 11.8. The maximum absolute atomic E-state index is 11.1. The van der Waals surface area contributed by atoms with Crippen molar-refractivity contribution in [3.63, 3.8) is 0 Å². The van der Waals surface area contributed by atoms with Crippen molar-refractivity contribution < 1.29 is 24.2 Å². The smallest absolute Gasteiger partial charge is 0.305 e. The lowest BCUT2D eigenvalue weighted by Gasteiger charge is -2.09. The topological polar surface area (TPSA) is 145 Å². The first-order chi connectivity index (χ1) is 7.43. The molecule has 0 aromatic carbocycles. The van der Waals surface area contributed by atoms with E-state index in [0.717, 1.165) is 0 Å². The molecule has 1 atom stereocenters. The van der Waals surface area contributed by atoms with E-state index in [0.29, 0.717) is 0 Å². The van der Waals surface area contributed by atoms with Gasteiger partial charge in [-0.05, 0) is 0 Å². The van der Waals surface area contributed by atoms with Crippen LogP contribution in [-0.2, 0) is 19.1 Å². The Kier molecular flexibility index (Phi) is 6.81. The third kappa shape index (κ3) is 7.71. The van der Waals surface area contributed by atoms with E-state index >= 15 is 0 Å². The van der Waals surface area contributed by atoms with Gasteiger partial charge in [-0.25, -0.2) is 0 Å². The van der Waals surface area contributed by atoms with Crippen molar-refractivity contribution in [3.05, 3.63) is 0 Å². The molecule has 0 heterocycles. The molecule has 0 spiro atoms. The summed E-state index contributed by atoms with van der Waals surface area (Å²) in [5, 5.41) is 10.7. The van der Waals surface area contributed by atoms with E-state index in [-0.39, 0.29) is 19.8 Å². The highest BCUT2D eigenvalue weighted by Gasteiger charge is 2.15. The number of carbonyl (C=O) groups is 3. The van der Waals surface area contributed by atoms with E-state index in [9.17, 15) is 14.4 Å². The summed E-state index contributed by atoms with van der Waals surface area (Å²) < 4.78 is 4.76. The second-order valence-electron chi connectivity index (χ2n) is 3.01. The van der Waals surface area contributed by atoms with Gasteiger partial charge in [0.05, 0.1) is 19.1 Å². The van der Waals surface area contributed by atoms with Gasteiger partial charge in [0.15, 0.2) is 0 Å². The Morgan fingerprint density at radius 2 is 2.00 bits per heavy atom. The quantitative estimate of drug-likeness (QED) is 0.338. The van der Waals surface area contributed by atoms with Crippen molar-refractivity contribution in [2.45, 2.75) is 12.5 Å². The fourth-order valence-electron chi connectivity index (χ4n) is 0.831. The predicted molar refractivity (Wildman–Crippen MR) is 53.3 cm³/mol. The molecule has 0 radical (unpaired) electrons. The van der Waals surface area contributed by atoms with E-state index in [1.165, 1.54) is 0 Å². The molecule has 2 amide bonds. The highest BCUT2D eigenvalue weighted by molar-refractivity contribution is 5.85. The van der Waals surface area contributed by atoms with Gasteiger partial charge >= 0.3 is 5.97 Å². The Balaban J connectivity index is 3.57. The van der Waals surface area contributed by atoms with Gasteiger partial charge in [-0.15, -0.1) is 0 Å². The number of aliphatic carboxylic acids is 1. The molecule has 0 fully saturated rings. The standard InChI is InChI=1S/C8H15N3O5/c9-5(3-7(13)14)8(15)11-1-2-16-4-6(10)12/h5H,1-4,9H2,(H2,10,12)(H,11,15)(H,13,14). The Morgan fingerprint density at radius 3 is 2.50 bits per heavy atom. The second kappa shape index (κ2) is 7.60. The van der Waals surface area contributed by atoms with Gasteiger partial charge in [0.1, 0.15) is 6.61 Å². The molecule has 0 bridgehead atoms. The zero-order valence-electron chi connectivity index (χ0n) is 8.64. The summed E-state index contributed by atoms with van der Waals surface area (Å²) in [5.41, 5.74) is 10.1. The van der Waals surface area contributed by atoms with Crippen molar-refractivity contribution in [1.29, 1.82) is 0 Å². The third-order valence-corrected chi connectivity index (χ3v) is 1.52. The number of rotatable bonds is 8. The number of carboxylic acids is 1. The average molecular weight is 233 g/mol. The highest BCUT2D eigenvalue weighted by atomic mass is 16.5. The number of nitrogens with one attached hydrogen (secondary N) is 1. The van der Waals surface area contributed by atoms with Gasteiger partial charge in [0.25, 0.3) is 0 Å². The molecule has 16 heavy (non-hydrogen) atoms. The maximum atomic E-state index is 11.1. The van der Waals surface area contributed by atoms with Gasteiger partial charge in [-0.1, -0.05) is 0 Å². The predicted octanol–water partition coefficient (Wildman–Crippen LogP) is -2.59. The zero-order valence-corrected chi connectivity index (χ0v) is 8.64. The van der Waals surface area contributed by atoms with Crippen LogP contribution >= 0.6 is 0 Å². The average Bonchev–Trinajstić information content (AvgIpc) is 2.15. The van der Waals surface area contributed by atoms with E-state index in [2.05, 4.69) is 5.32 Å². The largest absolute Gasteiger partial charge is 0.481 e. The maximum Gasteiger partial charge on any atom is 0.305 e. The molecular formula is C8H15N3O5. The molecule has 0 aromatic heterocycles. The van der Waals surface area contributed by atoms with Crippen LogP contribution in [0.4, 0.5) is 0 Å². The molecule has 92 valence electrons. The SMILES string of the molecule is NC(=O)COCCNC(=O)C(N)CC(=O)O. The van der Waals surface area contributed by atoms with Crippen LogP contribution in [0, 0.1) is 0 Å². The Bertz CT molecular complexity index is 268. The number of primary amides is 1. The van der Waals surface area contributed by atoms with Gasteiger partial charge in [-0.2, -0.15) is 0 Å². The third-order valence-electron chi connectivity index (χ3n) is 1.52. The number of hydrogen-bond donors (Lipinski definition) is 4. The summed E-state index contributed by atoms with van der Waals surface area (Å²) in [5.74, 6) is -2.33. The lowest BCUT2D eigenvalue weighted by Crippen LogP contribution is -2.43. The van der Waals surface area contributed by atoms with E-state index in [1.54, 1.807) is 0 Å². The molecule has 0 aromatic rings. The first kappa shape index (κ1) is 14.3. The minimum absolute atomic E-state index is 0.106. The minimum atomic E-state index is -1.15. The van der Waals surface area contributed by atoms with Crippen LogP contribution in [0.2, 0.25) is 0 Å². The summed E-state index contributed by atoms with van der Waals surface area (Å²) in [7, 11) is 0. The van der Waals surface area contributed by atoms with Crippen molar-refractivity contribution in [1.82, 2.24) is 5.32 Å². The molecule has 8 nitrogen and oxygen atoms in total. The van der Waals surface area contributed by atoms with Crippen molar-refractivity contribution in [2.24, 2.45) is 11.5 Å². The lowest BCUT2D eigenvalue weighted by atomic mass is 10.2. The Hall–Kier alpha value is -1.67. The molecule has 0 rings (SSSR count). The summed E-state index contributed by atoms with van der Waals surface area (Å²) in [6, 6.07) is -1.09. The first-order valence-corrected chi connectivity index (χ1v) is 4.54. The molecule has 8 heteroatoms. The van der Waals surface area contributed by atoms with Crippen LogP contribution in [0.1, 0.15) is 6.42 Å². The fourth-order valence-corrected chi connectivity index (χ4v) is 0.831. The summed E-state index contributed by atoms with van der Waals surface area (Å²) >= 11 is 0. The summed E-state index contributed by atoms with van der Waals surface area (Å²) in [6.45, 7) is 0.0188. The fraction of sp³-hybridized carbons (Fsp3) is 0.625. The number of nitrogens with two attached hydrogens (primary N) is 2. The van der Waals surface area contributed by atoms with Gasteiger partial charge in [-0.3, -0.25) is 14.4 Å². The first-order valence-electron chi connectivity index (χ1n) is 4.54. The Morgan fingerprint density at radius 1 is 1.38 bits per heavy atom. The van der Waals surface area contributed by atoms with Crippen LogP contribution in [0.15, 0.2) is 0 Å². The highest BCUT2D eigenvalue weighted by Crippen LogP contribution is 1.87. The monoisotopic (exact) mass is 233 g/mol. The van der Waals surface area contributed by atoms with Crippen molar-refractivity contribution >= 4 is 17.8 Å². The molecular weight excluding hydrogens is 218 g/mol. The number of amides is 2. The van der Waals surface area contributed by atoms with Gasteiger partial charge in [0.2, 0.25) is 11.8 Å². The van der Waals surface area contributed by atoms with Crippen LogP contribution in [0.5, 0.6) is 0 Å². The van der Waals surface area contributed by atoms with Crippen LogP contribution in [-0.4, -0.2) is 48.7 Å². The van der Waals surface area contributed by atoms with Gasteiger partial charge < -0.3 is 26.6 Å². The number of carbonyl (C=O) groups excluding carboxylic acids is 2. The zero-order chi connectivity index (χ0) is 12.6. The van der Waals surface area contributed by atoms with Gasteiger partial charge in [0, 0.05) is 6.54 Å². The summed E-state index contributed by atoms with van der Waals surface area (Å²) in [4.78, 5) is 31.6. The second-order valence-corrected chi connectivity index (χ2v) is 3.01. The van der Waals surface area contributed by atoms with E-state index < -0.39 is 30.2 Å². The molecule has 0 aliphatic rings. The van der Waals surface area contributed by atoms with E-state index in [4.69, 9.17) is 21.3 Å². The van der Waals surface area contributed by atoms with Crippen LogP contribution < -0.4 is 16.8 Å². The molecule has 1 unspecified atom stereocenters. The molecule has 0 saturated heterocycles. The lowest BCUT2D eigenvalue weighted by molar-refractivity contribution is -0.139. The molecule has 0 saturated carbocycles. The molecule has 6 N–H and O–H groups in total. The minimum Gasteiger partial charge on any atom is -0.481 e. The van der Waals surface area contributed by atoms with Crippen LogP contribution in [0.25, 0.3) is 0 Å². The number of carboxylic acid groups (broad SMARTS) is 1. The summed E-state index contributed by atoms with van der Waals surface area (Å²) in [6.07, 6.45) is -0.437. The van der Waals surface area contributed by atoms with Crippen molar-refractivity contribution in [3.8, 4) is 0 Å². The molecule has 0 aliphatic heterocycles. The number of hydrogen-bond acceptors (Lipinski definition) is 5. The Labute approximate surface area is 91.9 Å². The molecule has 0 aliphatic carbocycles.